The topological polar surface area (TPSA) is 35.5 Å². The molecule has 0 spiro atoms. The molecule has 1 rings (SSSR count). The zero-order valence-electron chi connectivity index (χ0n) is 12.0. The molecule has 1 fully saturated rings. The molecule has 1 saturated heterocycles. The van der Waals surface area contributed by atoms with Gasteiger partial charge in [-0.15, -0.1) is 0 Å². The van der Waals surface area contributed by atoms with Crippen LogP contribution in [0.4, 0.5) is 0 Å². The minimum atomic E-state index is 0.351. The highest BCUT2D eigenvalue weighted by molar-refractivity contribution is 4.84. The van der Waals surface area contributed by atoms with Gasteiger partial charge in [-0.2, -0.15) is 0 Å². The first kappa shape index (κ1) is 14.9. The fraction of sp³-hybridized carbons (Fsp3) is 1.00. The van der Waals surface area contributed by atoms with Gasteiger partial charge in [0.15, 0.2) is 0 Å². The maximum atomic E-state index is 9.18. The van der Waals surface area contributed by atoms with Crippen molar-refractivity contribution in [3.8, 4) is 0 Å². The summed E-state index contributed by atoms with van der Waals surface area (Å²) < 4.78 is 0. The summed E-state index contributed by atoms with van der Waals surface area (Å²) in [6, 6.07) is 0.560. The van der Waals surface area contributed by atoms with Gasteiger partial charge in [0.05, 0.1) is 0 Å². The monoisotopic (exact) mass is 242 g/mol. The van der Waals surface area contributed by atoms with Crippen LogP contribution in [0.5, 0.6) is 0 Å². The van der Waals surface area contributed by atoms with Gasteiger partial charge in [-0.3, -0.25) is 0 Å². The van der Waals surface area contributed by atoms with Crippen molar-refractivity contribution in [2.75, 3.05) is 32.8 Å². The van der Waals surface area contributed by atoms with Crippen LogP contribution in [0.1, 0.15) is 40.5 Å². The Balaban J connectivity index is 2.40. The van der Waals surface area contributed by atoms with Crippen molar-refractivity contribution >= 4 is 0 Å². The lowest BCUT2D eigenvalue weighted by Crippen LogP contribution is -2.43. The predicted molar refractivity (Wildman–Crippen MR) is 73.2 cm³/mol. The summed E-state index contributed by atoms with van der Waals surface area (Å²) in [5.74, 6) is 0.508. The first-order valence-electron chi connectivity index (χ1n) is 7.05. The Bertz CT molecular complexity index is 220. The molecule has 0 amide bonds. The highest BCUT2D eigenvalue weighted by Gasteiger charge is 2.29. The van der Waals surface area contributed by atoms with E-state index in [0.717, 1.165) is 32.6 Å². The molecule has 0 aromatic rings. The van der Waals surface area contributed by atoms with Crippen LogP contribution >= 0.6 is 0 Å². The predicted octanol–water partition coefficient (Wildman–Crippen LogP) is 1.71. The molecule has 2 unspecified atom stereocenters. The normalized spacial score (nSPS) is 25.4. The number of rotatable bonds is 7. The van der Waals surface area contributed by atoms with Crippen LogP contribution in [-0.4, -0.2) is 48.8 Å². The zero-order chi connectivity index (χ0) is 12.9. The molecule has 0 aliphatic carbocycles. The smallest absolute Gasteiger partial charge is 0.0471 e. The summed E-state index contributed by atoms with van der Waals surface area (Å²) >= 11 is 0. The highest BCUT2D eigenvalue weighted by atomic mass is 16.3. The molecular formula is C14H30N2O. The van der Waals surface area contributed by atoms with Crippen molar-refractivity contribution in [2.24, 2.45) is 11.3 Å². The van der Waals surface area contributed by atoms with Crippen molar-refractivity contribution < 1.29 is 5.11 Å². The van der Waals surface area contributed by atoms with Gasteiger partial charge >= 0.3 is 0 Å². The van der Waals surface area contributed by atoms with E-state index < -0.39 is 0 Å². The van der Waals surface area contributed by atoms with Gasteiger partial charge in [0.25, 0.3) is 0 Å². The van der Waals surface area contributed by atoms with Crippen LogP contribution < -0.4 is 5.32 Å². The van der Waals surface area contributed by atoms with Gasteiger partial charge in [0.1, 0.15) is 0 Å². The molecule has 3 heteroatoms. The molecule has 0 saturated carbocycles. The van der Waals surface area contributed by atoms with Crippen LogP contribution in [0.2, 0.25) is 0 Å². The minimum Gasteiger partial charge on any atom is -0.396 e. The third kappa shape index (κ3) is 4.94. The largest absolute Gasteiger partial charge is 0.396 e. The van der Waals surface area contributed by atoms with E-state index in [1.165, 1.54) is 6.42 Å². The Morgan fingerprint density at radius 2 is 2.18 bits per heavy atom. The lowest BCUT2D eigenvalue weighted by Gasteiger charge is -2.34. The third-order valence-electron chi connectivity index (χ3n) is 4.02. The lowest BCUT2D eigenvalue weighted by atomic mass is 9.86. The van der Waals surface area contributed by atoms with Crippen LogP contribution in [0.3, 0.4) is 0 Å². The molecule has 0 bridgehead atoms. The second-order valence-electron chi connectivity index (χ2n) is 6.27. The Morgan fingerprint density at radius 1 is 1.47 bits per heavy atom. The van der Waals surface area contributed by atoms with Crippen molar-refractivity contribution in [1.29, 1.82) is 0 Å². The molecule has 102 valence electrons. The first-order valence-corrected chi connectivity index (χ1v) is 7.05. The average Bonchev–Trinajstić information content (AvgIpc) is 2.74. The van der Waals surface area contributed by atoms with Crippen LogP contribution in [0.15, 0.2) is 0 Å². The number of hydrogen-bond donors (Lipinski definition) is 2. The summed E-state index contributed by atoms with van der Waals surface area (Å²) in [6.45, 7) is 13.9. The van der Waals surface area contributed by atoms with Gasteiger partial charge in [0, 0.05) is 32.3 Å². The van der Waals surface area contributed by atoms with Gasteiger partial charge in [-0.1, -0.05) is 27.7 Å². The molecule has 3 nitrogen and oxygen atoms in total. The van der Waals surface area contributed by atoms with Gasteiger partial charge in [-0.05, 0) is 30.7 Å². The van der Waals surface area contributed by atoms with Crippen LogP contribution in [0.25, 0.3) is 0 Å². The van der Waals surface area contributed by atoms with Crippen molar-refractivity contribution in [2.45, 2.75) is 46.6 Å². The Morgan fingerprint density at radius 3 is 2.65 bits per heavy atom. The van der Waals surface area contributed by atoms with E-state index in [1.54, 1.807) is 0 Å². The Labute approximate surface area is 107 Å². The summed E-state index contributed by atoms with van der Waals surface area (Å²) in [6.07, 6.45) is 2.36. The fourth-order valence-corrected chi connectivity index (χ4v) is 2.49. The summed E-state index contributed by atoms with van der Waals surface area (Å²) in [7, 11) is 0. The van der Waals surface area contributed by atoms with E-state index in [2.05, 4.69) is 37.9 Å². The molecular weight excluding hydrogens is 212 g/mol. The SMILES string of the molecule is CCC(C)(CNC(C)C)CN1CCC(CO)C1. The van der Waals surface area contributed by atoms with Gasteiger partial charge in [0.2, 0.25) is 0 Å². The summed E-state index contributed by atoms with van der Waals surface area (Å²) in [5.41, 5.74) is 0.356. The van der Waals surface area contributed by atoms with Crippen molar-refractivity contribution in [1.82, 2.24) is 10.2 Å². The number of nitrogens with one attached hydrogen (secondary N) is 1. The molecule has 1 heterocycles. The molecule has 0 aromatic carbocycles. The van der Waals surface area contributed by atoms with E-state index in [9.17, 15) is 5.11 Å². The fourth-order valence-electron chi connectivity index (χ4n) is 2.49. The number of nitrogens with zero attached hydrogens (tertiary/aromatic N) is 1. The summed E-state index contributed by atoms with van der Waals surface area (Å²) in [5, 5.41) is 12.7. The average molecular weight is 242 g/mol. The van der Waals surface area contributed by atoms with E-state index in [-0.39, 0.29) is 0 Å². The second kappa shape index (κ2) is 6.72. The molecule has 0 aromatic heterocycles. The van der Waals surface area contributed by atoms with Crippen molar-refractivity contribution in [3.05, 3.63) is 0 Å². The number of likely N-dealkylation sites (tertiary alicyclic amines) is 1. The van der Waals surface area contributed by atoms with Crippen molar-refractivity contribution in [3.63, 3.8) is 0 Å². The maximum absolute atomic E-state index is 9.18. The maximum Gasteiger partial charge on any atom is 0.0471 e. The van der Waals surface area contributed by atoms with Crippen LogP contribution in [0, 0.1) is 11.3 Å². The third-order valence-corrected chi connectivity index (χ3v) is 4.02. The molecule has 2 N–H and O–H groups in total. The molecule has 1 aliphatic rings. The molecule has 17 heavy (non-hydrogen) atoms. The molecule has 2 atom stereocenters. The number of aliphatic hydroxyl groups excluding tert-OH is 1. The van der Waals surface area contributed by atoms with E-state index >= 15 is 0 Å². The summed E-state index contributed by atoms with van der Waals surface area (Å²) in [4.78, 5) is 2.52. The highest BCUT2D eigenvalue weighted by Crippen LogP contribution is 2.25. The zero-order valence-corrected chi connectivity index (χ0v) is 12.0. The number of aliphatic hydroxyl groups is 1. The standard InChI is InChI=1S/C14H30N2O/c1-5-14(4,10-15-12(2)3)11-16-7-6-13(8-16)9-17/h12-13,15,17H,5-11H2,1-4H3. The van der Waals surface area contributed by atoms with Gasteiger partial charge < -0.3 is 15.3 Å². The minimum absolute atomic E-state index is 0.351. The van der Waals surface area contributed by atoms with Gasteiger partial charge in [-0.25, -0.2) is 0 Å². The molecule has 1 aliphatic heterocycles. The second-order valence-corrected chi connectivity index (χ2v) is 6.27. The van der Waals surface area contributed by atoms with E-state index in [1.807, 2.05) is 0 Å². The Hall–Kier alpha value is -0.120. The van der Waals surface area contributed by atoms with E-state index in [4.69, 9.17) is 0 Å². The van der Waals surface area contributed by atoms with Crippen LogP contribution in [-0.2, 0) is 0 Å². The quantitative estimate of drug-likeness (QED) is 0.713. The lowest BCUT2D eigenvalue weighted by molar-refractivity contribution is 0.162. The Kier molecular flexibility index (Phi) is 5.90. The van der Waals surface area contributed by atoms with E-state index in [0.29, 0.717) is 24.0 Å². The first-order chi connectivity index (χ1) is 7.99. The molecule has 0 radical (unpaired) electrons. The number of hydrogen-bond acceptors (Lipinski definition) is 3.